The number of nitrogens with one attached hydrogen (secondary N) is 1. The molecule has 1 aliphatic rings. The highest BCUT2D eigenvalue weighted by Gasteiger charge is 2.24. The van der Waals surface area contributed by atoms with E-state index < -0.39 is 0 Å². The number of carbonyl (C=O) groups is 1. The first-order chi connectivity index (χ1) is 11.5. The minimum atomic E-state index is 0.224. The summed E-state index contributed by atoms with van der Waals surface area (Å²) in [6.07, 6.45) is 5.82. The predicted molar refractivity (Wildman–Crippen MR) is 103 cm³/mol. The second kappa shape index (κ2) is 11.2. The summed E-state index contributed by atoms with van der Waals surface area (Å²) in [6, 6.07) is 8.51. The Morgan fingerprint density at radius 1 is 1.12 bits per heavy atom. The lowest BCUT2D eigenvalue weighted by Gasteiger charge is -2.25. The molecule has 0 bridgehead atoms. The van der Waals surface area contributed by atoms with Gasteiger partial charge in [0.2, 0.25) is 5.91 Å². The second-order valence-electron chi connectivity index (χ2n) is 7.45. The topological polar surface area (TPSA) is 32.3 Å². The molecule has 0 heterocycles. The van der Waals surface area contributed by atoms with Crippen LogP contribution >= 0.6 is 0 Å². The number of hydrogen-bond donors (Lipinski definition) is 1. The zero-order valence-corrected chi connectivity index (χ0v) is 16.3. The first-order valence-electron chi connectivity index (χ1n) is 9.46. The highest BCUT2D eigenvalue weighted by atomic mass is 16.1. The van der Waals surface area contributed by atoms with Gasteiger partial charge in [-0.1, -0.05) is 64.3 Å². The monoisotopic (exact) mass is 332 g/mol. The first kappa shape index (κ1) is 20.7. The lowest BCUT2D eigenvalue weighted by Crippen LogP contribution is -2.33. The SMILES string of the molecule is CC1CCCC(C(=O)NCc2ccc(CN(C)C)cc2)C1.CCC. The van der Waals surface area contributed by atoms with Gasteiger partial charge >= 0.3 is 0 Å². The van der Waals surface area contributed by atoms with Crippen LogP contribution in [0, 0.1) is 11.8 Å². The smallest absolute Gasteiger partial charge is 0.223 e. The molecule has 136 valence electrons. The molecular weight excluding hydrogens is 296 g/mol. The van der Waals surface area contributed by atoms with E-state index in [0.717, 1.165) is 19.4 Å². The van der Waals surface area contributed by atoms with Crippen LogP contribution in [-0.2, 0) is 17.9 Å². The van der Waals surface area contributed by atoms with E-state index in [-0.39, 0.29) is 11.8 Å². The molecule has 2 rings (SSSR count). The fourth-order valence-corrected chi connectivity index (χ4v) is 3.13. The van der Waals surface area contributed by atoms with E-state index >= 15 is 0 Å². The average Bonchev–Trinajstić information content (AvgIpc) is 2.54. The van der Waals surface area contributed by atoms with Crippen LogP contribution in [0.15, 0.2) is 24.3 Å². The fourth-order valence-electron chi connectivity index (χ4n) is 3.13. The third kappa shape index (κ3) is 7.96. The molecule has 1 saturated carbocycles. The molecular formula is C21H36N2O. The molecule has 3 heteroatoms. The number of nitrogens with zero attached hydrogens (tertiary/aromatic N) is 1. The van der Waals surface area contributed by atoms with Crippen LogP contribution in [0.3, 0.4) is 0 Å². The Labute approximate surface area is 148 Å². The van der Waals surface area contributed by atoms with Crippen molar-refractivity contribution in [2.45, 2.75) is 66.0 Å². The molecule has 3 nitrogen and oxygen atoms in total. The maximum absolute atomic E-state index is 12.2. The Hall–Kier alpha value is -1.35. The molecule has 0 spiro atoms. The molecule has 1 N–H and O–H groups in total. The van der Waals surface area contributed by atoms with Gasteiger partial charge in [0.15, 0.2) is 0 Å². The molecule has 24 heavy (non-hydrogen) atoms. The summed E-state index contributed by atoms with van der Waals surface area (Å²) in [7, 11) is 4.14. The standard InChI is InChI=1S/C18H28N2O.C3H8/c1-14-5-4-6-17(11-14)18(21)19-12-15-7-9-16(10-8-15)13-20(2)3;1-3-2/h7-10,14,17H,4-6,11-13H2,1-3H3,(H,19,21);3H2,1-2H3. The summed E-state index contributed by atoms with van der Waals surface area (Å²) < 4.78 is 0. The summed E-state index contributed by atoms with van der Waals surface area (Å²) >= 11 is 0. The van der Waals surface area contributed by atoms with E-state index in [1.807, 2.05) is 0 Å². The van der Waals surface area contributed by atoms with Gasteiger partial charge in [-0.05, 0) is 44.0 Å². The highest BCUT2D eigenvalue weighted by Crippen LogP contribution is 2.28. The van der Waals surface area contributed by atoms with Crippen LogP contribution in [0.25, 0.3) is 0 Å². The fraction of sp³-hybridized carbons (Fsp3) is 0.667. The lowest BCUT2D eigenvalue weighted by molar-refractivity contribution is -0.126. The van der Waals surface area contributed by atoms with E-state index in [9.17, 15) is 4.79 Å². The number of amides is 1. The molecule has 0 aliphatic heterocycles. The number of carbonyl (C=O) groups excluding carboxylic acids is 1. The number of hydrogen-bond acceptors (Lipinski definition) is 2. The number of benzene rings is 1. The zero-order chi connectivity index (χ0) is 17.9. The van der Waals surface area contributed by atoms with Crippen molar-refractivity contribution >= 4 is 5.91 Å². The molecule has 1 fully saturated rings. The van der Waals surface area contributed by atoms with Gasteiger partial charge in [0.05, 0.1) is 0 Å². The van der Waals surface area contributed by atoms with Gasteiger partial charge in [0.25, 0.3) is 0 Å². The van der Waals surface area contributed by atoms with Gasteiger partial charge in [-0.3, -0.25) is 4.79 Å². The summed E-state index contributed by atoms with van der Waals surface area (Å²) in [6.45, 7) is 8.10. The molecule has 1 aliphatic carbocycles. The van der Waals surface area contributed by atoms with Gasteiger partial charge in [0, 0.05) is 19.0 Å². The summed E-state index contributed by atoms with van der Waals surface area (Å²) in [5.41, 5.74) is 2.48. The summed E-state index contributed by atoms with van der Waals surface area (Å²) in [5.74, 6) is 1.15. The van der Waals surface area contributed by atoms with E-state index in [1.165, 1.54) is 30.4 Å². The molecule has 2 atom stereocenters. The van der Waals surface area contributed by atoms with Crippen LogP contribution in [0.4, 0.5) is 0 Å². The minimum Gasteiger partial charge on any atom is -0.352 e. The van der Waals surface area contributed by atoms with Crippen molar-refractivity contribution in [3.8, 4) is 0 Å². The van der Waals surface area contributed by atoms with Crippen LogP contribution < -0.4 is 5.32 Å². The van der Waals surface area contributed by atoms with Gasteiger partial charge in [0.1, 0.15) is 0 Å². The van der Waals surface area contributed by atoms with Crippen molar-refractivity contribution in [2.75, 3.05) is 14.1 Å². The van der Waals surface area contributed by atoms with E-state index in [2.05, 4.69) is 69.3 Å². The van der Waals surface area contributed by atoms with Crippen LogP contribution in [0.2, 0.25) is 0 Å². The maximum Gasteiger partial charge on any atom is 0.223 e. The Bertz CT molecular complexity index is 467. The second-order valence-corrected chi connectivity index (χ2v) is 7.45. The molecule has 0 aromatic heterocycles. The van der Waals surface area contributed by atoms with Gasteiger partial charge in [-0.15, -0.1) is 0 Å². The van der Waals surface area contributed by atoms with Crippen molar-refractivity contribution in [3.63, 3.8) is 0 Å². The van der Waals surface area contributed by atoms with Gasteiger partial charge in [-0.2, -0.15) is 0 Å². The number of rotatable bonds is 5. The average molecular weight is 333 g/mol. The molecule has 0 radical (unpaired) electrons. The van der Waals surface area contributed by atoms with Gasteiger partial charge in [-0.25, -0.2) is 0 Å². The molecule has 1 aromatic carbocycles. The van der Waals surface area contributed by atoms with E-state index in [1.54, 1.807) is 0 Å². The van der Waals surface area contributed by atoms with E-state index in [4.69, 9.17) is 0 Å². The highest BCUT2D eigenvalue weighted by molar-refractivity contribution is 5.78. The van der Waals surface area contributed by atoms with Crippen molar-refractivity contribution in [1.29, 1.82) is 0 Å². The molecule has 1 amide bonds. The van der Waals surface area contributed by atoms with Crippen LogP contribution in [-0.4, -0.2) is 24.9 Å². The Kier molecular flexibility index (Phi) is 9.70. The Morgan fingerprint density at radius 2 is 1.71 bits per heavy atom. The molecule has 2 unspecified atom stereocenters. The van der Waals surface area contributed by atoms with Crippen molar-refractivity contribution in [1.82, 2.24) is 10.2 Å². The quantitative estimate of drug-likeness (QED) is 0.854. The summed E-state index contributed by atoms with van der Waals surface area (Å²) in [4.78, 5) is 14.4. The normalized spacial score (nSPS) is 20.2. The minimum absolute atomic E-state index is 0.224. The van der Waals surface area contributed by atoms with Crippen LogP contribution in [0.1, 0.15) is 64.0 Å². The summed E-state index contributed by atoms with van der Waals surface area (Å²) in [5, 5.41) is 3.10. The maximum atomic E-state index is 12.2. The third-order valence-electron chi connectivity index (χ3n) is 4.30. The molecule has 0 saturated heterocycles. The van der Waals surface area contributed by atoms with Gasteiger partial charge < -0.3 is 10.2 Å². The Morgan fingerprint density at radius 3 is 2.25 bits per heavy atom. The van der Waals surface area contributed by atoms with Crippen molar-refractivity contribution in [2.24, 2.45) is 11.8 Å². The first-order valence-corrected chi connectivity index (χ1v) is 9.46. The van der Waals surface area contributed by atoms with Crippen molar-refractivity contribution < 1.29 is 4.79 Å². The van der Waals surface area contributed by atoms with E-state index in [0.29, 0.717) is 12.5 Å². The lowest BCUT2D eigenvalue weighted by atomic mass is 9.82. The predicted octanol–water partition coefficient (Wildman–Crippen LogP) is 4.61. The third-order valence-corrected chi connectivity index (χ3v) is 4.30. The zero-order valence-electron chi connectivity index (χ0n) is 16.3. The largest absolute Gasteiger partial charge is 0.352 e. The van der Waals surface area contributed by atoms with Crippen molar-refractivity contribution in [3.05, 3.63) is 35.4 Å². The molecule has 1 aromatic rings. The van der Waals surface area contributed by atoms with Crippen LogP contribution in [0.5, 0.6) is 0 Å². The Balaban J connectivity index is 0.000000891.